The van der Waals surface area contributed by atoms with Crippen molar-refractivity contribution in [2.75, 3.05) is 13.3 Å². The van der Waals surface area contributed by atoms with Crippen LogP contribution in [0.1, 0.15) is 0 Å². The molecular formula is C3H5NO2. The maximum Gasteiger partial charge on any atom is 0.194 e. The van der Waals surface area contributed by atoms with E-state index in [0.717, 1.165) is 6.54 Å². The van der Waals surface area contributed by atoms with Crippen LogP contribution in [0.5, 0.6) is 0 Å². The van der Waals surface area contributed by atoms with Crippen molar-refractivity contribution in [3.05, 3.63) is 0 Å². The third-order valence-electron chi connectivity index (χ3n) is 1.02. The molecule has 0 aromatic heterocycles. The van der Waals surface area contributed by atoms with E-state index >= 15 is 0 Å². The number of rotatable bonds is 0. The van der Waals surface area contributed by atoms with Crippen LogP contribution in [-0.4, -0.2) is 24.6 Å². The van der Waals surface area contributed by atoms with Gasteiger partial charge in [-0.25, -0.2) is 0 Å². The summed E-state index contributed by atoms with van der Waals surface area (Å²) in [5.41, 5.74) is 0. The van der Waals surface area contributed by atoms with Gasteiger partial charge in [-0.05, 0) is 0 Å². The molecule has 2 atom stereocenters. The summed E-state index contributed by atoms with van der Waals surface area (Å²) in [6, 6.07) is 0. The van der Waals surface area contributed by atoms with Crippen LogP contribution in [0.3, 0.4) is 0 Å². The molecule has 3 heteroatoms. The Kier molecular flexibility index (Phi) is 0.371. The Labute approximate surface area is 35.4 Å². The largest absolute Gasteiger partial charge is 0.332 e. The molecule has 0 spiro atoms. The lowest BCUT2D eigenvalue weighted by atomic mass is 10.6. The summed E-state index contributed by atoms with van der Waals surface area (Å²) in [5, 5.41) is 1.78. The lowest BCUT2D eigenvalue weighted by molar-refractivity contribution is -0.264. The van der Waals surface area contributed by atoms with Gasteiger partial charge in [-0.1, -0.05) is 0 Å². The molecular weight excluding hydrogens is 82.0 g/mol. The van der Waals surface area contributed by atoms with E-state index in [2.05, 4.69) is 0 Å². The van der Waals surface area contributed by atoms with Gasteiger partial charge in [0, 0.05) is 0 Å². The van der Waals surface area contributed by atoms with E-state index < -0.39 is 0 Å². The maximum atomic E-state index is 4.93. The van der Waals surface area contributed by atoms with Gasteiger partial charge in [-0.3, -0.25) is 4.84 Å². The molecule has 3 aliphatic rings. The van der Waals surface area contributed by atoms with Gasteiger partial charge in [0.25, 0.3) is 0 Å². The lowest BCUT2D eigenvalue weighted by Crippen LogP contribution is -2.37. The molecule has 3 aliphatic heterocycles. The van der Waals surface area contributed by atoms with Crippen molar-refractivity contribution >= 4 is 0 Å². The monoisotopic (exact) mass is 87.0 g/mol. The molecule has 3 fully saturated rings. The van der Waals surface area contributed by atoms with Crippen LogP contribution >= 0.6 is 0 Å². The zero-order valence-electron chi connectivity index (χ0n) is 3.26. The highest BCUT2D eigenvalue weighted by molar-refractivity contribution is 4.63. The van der Waals surface area contributed by atoms with Crippen molar-refractivity contribution in [3.8, 4) is 0 Å². The zero-order chi connectivity index (χ0) is 3.98. The number of ether oxygens (including phenoxy) is 1. The zero-order valence-corrected chi connectivity index (χ0v) is 3.26. The summed E-state index contributed by atoms with van der Waals surface area (Å²) < 4.78 is 4.93. The van der Waals surface area contributed by atoms with Gasteiger partial charge in [-0.2, -0.15) is 5.06 Å². The third-order valence-corrected chi connectivity index (χ3v) is 1.02. The van der Waals surface area contributed by atoms with Crippen LogP contribution in [0.2, 0.25) is 0 Å². The molecule has 3 saturated heterocycles. The van der Waals surface area contributed by atoms with Gasteiger partial charge in [-0.15, -0.1) is 0 Å². The van der Waals surface area contributed by atoms with E-state index in [1.807, 2.05) is 0 Å². The van der Waals surface area contributed by atoms with Crippen LogP contribution in [0.15, 0.2) is 0 Å². The van der Waals surface area contributed by atoms with Gasteiger partial charge < -0.3 is 4.74 Å². The normalized spacial score (nSPS) is 52.0. The molecule has 6 heavy (non-hydrogen) atoms. The Morgan fingerprint density at radius 3 is 2.67 bits per heavy atom. The van der Waals surface area contributed by atoms with E-state index in [1.165, 1.54) is 0 Å². The predicted molar refractivity (Wildman–Crippen MR) is 17.5 cm³/mol. The molecule has 34 valence electrons. The fourth-order valence-corrected chi connectivity index (χ4v) is 0.656. The molecule has 0 radical (unpaired) electrons. The number of hydrogen-bond donors (Lipinski definition) is 0. The highest BCUT2D eigenvalue weighted by Gasteiger charge is 2.36. The summed E-state index contributed by atoms with van der Waals surface area (Å²) in [6.07, 6.45) is 0.116. The van der Waals surface area contributed by atoms with Gasteiger partial charge in [0.2, 0.25) is 0 Å². The summed E-state index contributed by atoms with van der Waals surface area (Å²) in [7, 11) is 0. The molecule has 2 unspecified atom stereocenters. The van der Waals surface area contributed by atoms with E-state index in [0.29, 0.717) is 6.73 Å². The van der Waals surface area contributed by atoms with E-state index in [4.69, 9.17) is 9.57 Å². The van der Waals surface area contributed by atoms with Crippen LogP contribution in [0.25, 0.3) is 0 Å². The first kappa shape index (κ1) is 2.96. The van der Waals surface area contributed by atoms with Crippen LogP contribution < -0.4 is 0 Å². The van der Waals surface area contributed by atoms with Gasteiger partial charge >= 0.3 is 0 Å². The van der Waals surface area contributed by atoms with Crippen molar-refractivity contribution in [2.24, 2.45) is 0 Å². The van der Waals surface area contributed by atoms with Crippen molar-refractivity contribution in [3.63, 3.8) is 0 Å². The second-order valence-corrected chi connectivity index (χ2v) is 1.50. The Bertz CT molecular complexity index is 55.7. The summed E-state index contributed by atoms with van der Waals surface area (Å²) in [5.74, 6) is 0. The van der Waals surface area contributed by atoms with E-state index in [9.17, 15) is 0 Å². The summed E-state index contributed by atoms with van der Waals surface area (Å²) >= 11 is 0. The minimum absolute atomic E-state index is 0.116. The first-order valence-electron chi connectivity index (χ1n) is 1.98. The highest BCUT2D eigenvalue weighted by Crippen LogP contribution is 2.20. The molecule has 3 nitrogen and oxygen atoms in total. The Balaban J connectivity index is 2.16. The fourth-order valence-electron chi connectivity index (χ4n) is 0.656. The van der Waals surface area contributed by atoms with E-state index in [-0.39, 0.29) is 6.29 Å². The molecule has 0 aromatic rings. The molecule has 3 rings (SSSR count). The second kappa shape index (κ2) is 0.753. The minimum Gasteiger partial charge on any atom is -0.332 e. The molecule has 0 amide bonds. The highest BCUT2D eigenvalue weighted by atomic mass is 16.9. The fraction of sp³-hybridized carbons (Fsp3) is 1.00. The van der Waals surface area contributed by atoms with Crippen LogP contribution in [0, 0.1) is 0 Å². The number of fused-ring (bicyclic) bond motifs is 1. The first-order valence-corrected chi connectivity index (χ1v) is 1.98. The predicted octanol–water partition coefficient (Wildman–Crippen LogP) is -0.453. The topological polar surface area (TPSA) is 21.7 Å². The van der Waals surface area contributed by atoms with Crippen molar-refractivity contribution in [1.29, 1.82) is 0 Å². The lowest BCUT2D eigenvalue weighted by Gasteiger charge is -2.21. The number of hydroxylamine groups is 2. The van der Waals surface area contributed by atoms with E-state index in [1.54, 1.807) is 5.06 Å². The third kappa shape index (κ3) is 0.194. The van der Waals surface area contributed by atoms with Gasteiger partial charge in [0.15, 0.2) is 6.29 Å². The Morgan fingerprint density at radius 2 is 2.50 bits per heavy atom. The molecule has 0 saturated carbocycles. The quantitative estimate of drug-likeness (QED) is 0.399. The van der Waals surface area contributed by atoms with Crippen molar-refractivity contribution < 1.29 is 9.57 Å². The van der Waals surface area contributed by atoms with Crippen LogP contribution in [-0.2, 0) is 9.57 Å². The smallest absolute Gasteiger partial charge is 0.194 e. The Morgan fingerprint density at radius 1 is 1.67 bits per heavy atom. The summed E-state index contributed by atoms with van der Waals surface area (Å²) in [6.45, 7) is 1.64. The van der Waals surface area contributed by atoms with Gasteiger partial charge in [0.05, 0.1) is 6.54 Å². The molecule has 0 N–H and O–H groups in total. The molecule has 0 aliphatic carbocycles. The number of hydrogen-bond acceptors (Lipinski definition) is 3. The average molecular weight is 87.1 g/mol. The molecule has 0 aromatic carbocycles. The standard InChI is InChI=1S/C3H5NO2/c1-3-5-2-4(1)6-3/h3H,1-2H2. The maximum absolute atomic E-state index is 4.93. The SMILES string of the molecule is C1OC2CN1O2. The average Bonchev–Trinajstić information content (AvgIpc) is 1.72. The Hall–Kier alpha value is -0.120. The van der Waals surface area contributed by atoms with Crippen molar-refractivity contribution in [2.45, 2.75) is 6.29 Å². The van der Waals surface area contributed by atoms with Crippen LogP contribution in [0.4, 0.5) is 0 Å². The van der Waals surface area contributed by atoms with Crippen molar-refractivity contribution in [1.82, 2.24) is 5.06 Å². The molecule has 3 heterocycles. The van der Waals surface area contributed by atoms with Gasteiger partial charge in [0.1, 0.15) is 6.73 Å². The second-order valence-electron chi connectivity index (χ2n) is 1.50. The number of nitrogens with zero attached hydrogens (tertiary/aromatic N) is 1. The minimum atomic E-state index is 0.116. The first-order chi connectivity index (χ1) is 2.95. The summed E-state index contributed by atoms with van der Waals surface area (Å²) in [4.78, 5) is 4.86. The molecule has 2 bridgehead atoms.